The Morgan fingerprint density at radius 3 is 2.59 bits per heavy atom. The van der Waals surface area contributed by atoms with E-state index >= 15 is 0 Å². The van der Waals surface area contributed by atoms with Gasteiger partial charge < -0.3 is 20.8 Å². The first-order valence-corrected chi connectivity index (χ1v) is 9.94. The molecule has 0 bridgehead atoms. The maximum atomic E-state index is 12.6. The lowest BCUT2D eigenvalue weighted by Gasteiger charge is -2.19. The molecular formula is C23H22F2N6O. The number of aromatic nitrogens is 4. The van der Waals surface area contributed by atoms with Crippen molar-refractivity contribution in [2.45, 2.75) is 26.5 Å². The minimum absolute atomic E-state index is 0.0777. The van der Waals surface area contributed by atoms with Crippen LogP contribution in [-0.2, 0) is 0 Å². The lowest BCUT2D eigenvalue weighted by atomic mass is 10.0. The molecule has 0 radical (unpaired) electrons. The van der Waals surface area contributed by atoms with Crippen molar-refractivity contribution < 1.29 is 13.5 Å². The molecule has 1 atom stereocenters. The number of H-pyrrole nitrogens is 1. The smallest absolute Gasteiger partial charge is 0.387 e. The number of aryl methyl sites for hydroxylation is 1. The Hall–Kier alpha value is -4.01. The van der Waals surface area contributed by atoms with Gasteiger partial charge in [-0.3, -0.25) is 4.98 Å². The van der Waals surface area contributed by atoms with Gasteiger partial charge in [0.1, 0.15) is 23.7 Å². The summed E-state index contributed by atoms with van der Waals surface area (Å²) in [5, 5.41) is 3.37. The van der Waals surface area contributed by atoms with E-state index in [4.69, 9.17) is 5.73 Å². The number of pyridine rings is 1. The molecule has 1 unspecified atom stereocenters. The average Bonchev–Trinajstić information content (AvgIpc) is 3.16. The van der Waals surface area contributed by atoms with Crippen molar-refractivity contribution in [1.82, 2.24) is 19.9 Å². The number of aromatic amines is 1. The van der Waals surface area contributed by atoms with E-state index < -0.39 is 6.61 Å². The quantitative estimate of drug-likeness (QED) is 0.368. The lowest BCUT2D eigenvalue weighted by Crippen LogP contribution is -2.12. The van der Waals surface area contributed by atoms with Crippen LogP contribution in [-0.4, -0.2) is 26.5 Å². The summed E-state index contributed by atoms with van der Waals surface area (Å²) in [7, 11) is 0. The zero-order chi connectivity index (χ0) is 22.7. The highest BCUT2D eigenvalue weighted by atomic mass is 19.3. The first kappa shape index (κ1) is 21.2. The van der Waals surface area contributed by atoms with Gasteiger partial charge in [0.05, 0.1) is 17.8 Å². The number of rotatable bonds is 7. The van der Waals surface area contributed by atoms with Crippen LogP contribution in [0.1, 0.15) is 24.4 Å². The molecule has 0 aliphatic heterocycles. The summed E-state index contributed by atoms with van der Waals surface area (Å²) in [5.74, 6) is 0.565. The molecular weight excluding hydrogens is 414 g/mol. The van der Waals surface area contributed by atoms with Crippen LogP contribution >= 0.6 is 0 Å². The monoisotopic (exact) mass is 436 g/mol. The topological polar surface area (TPSA) is 102 Å². The Balaban J connectivity index is 1.70. The van der Waals surface area contributed by atoms with E-state index in [9.17, 15) is 8.78 Å². The summed E-state index contributed by atoms with van der Waals surface area (Å²) in [5.41, 5.74) is 11.2. The van der Waals surface area contributed by atoms with Crippen molar-refractivity contribution >= 4 is 11.6 Å². The average molecular weight is 436 g/mol. The van der Waals surface area contributed by atoms with Crippen LogP contribution in [0, 0.1) is 6.92 Å². The minimum Gasteiger partial charge on any atom is -0.433 e. The van der Waals surface area contributed by atoms with Gasteiger partial charge in [-0.25, -0.2) is 9.97 Å². The highest BCUT2D eigenvalue weighted by molar-refractivity contribution is 5.84. The van der Waals surface area contributed by atoms with Crippen LogP contribution in [0.4, 0.5) is 20.4 Å². The maximum Gasteiger partial charge on any atom is 0.387 e. The van der Waals surface area contributed by atoms with Crippen molar-refractivity contribution in [3.63, 3.8) is 0 Å². The van der Waals surface area contributed by atoms with Gasteiger partial charge in [-0.05, 0) is 31.5 Å². The van der Waals surface area contributed by atoms with Crippen molar-refractivity contribution in [1.29, 1.82) is 0 Å². The van der Waals surface area contributed by atoms with Gasteiger partial charge >= 0.3 is 6.61 Å². The second-order valence-electron chi connectivity index (χ2n) is 7.28. The van der Waals surface area contributed by atoms with Gasteiger partial charge in [-0.15, -0.1) is 0 Å². The highest BCUT2D eigenvalue weighted by Crippen LogP contribution is 2.36. The Morgan fingerprint density at radius 2 is 1.84 bits per heavy atom. The van der Waals surface area contributed by atoms with Crippen LogP contribution in [0.15, 0.2) is 61.2 Å². The molecule has 3 aromatic heterocycles. The molecule has 4 N–H and O–H groups in total. The van der Waals surface area contributed by atoms with Crippen molar-refractivity contribution in [2.75, 3.05) is 11.1 Å². The summed E-state index contributed by atoms with van der Waals surface area (Å²) in [6.45, 7) is 1.03. The summed E-state index contributed by atoms with van der Waals surface area (Å²) in [6, 6.07) is 13.4. The predicted molar refractivity (Wildman–Crippen MR) is 119 cm³/mol. The molecule has 0 saturated heterocycles. The van der Waals surface area contributed by atoms with E-state index in [-0.39, 0.29) is 17.6 Å². The number of halogens is 2. The van der Waals surface area contributed by atoms with Gasteiger partial charge in [-0.2, -0.15) is 8.78 Å². The van der Waals surface area contributed by atoms with Gasteiger partial charge in [-0.1, -0.05) is 30.3 Å². The Morgan fingerprint density at radius 1 is 1.06 bits per heavy atom. The summed E-state index contributed by atoms with van der Waals surface area (Å²) in [6.07, 6.45) is 4.05. The van der Waals surface area contributed by atoms with E-state index in [1.807, 2.05) is 44.2 Å². The predicted octanol–water partition coefficient (Wildman–Crippen LogP) is 5.20. The Bertz CT molecular complexity index is 1210. The van der Waals surface area contributed by atoms with Gasteiger partial charge in [0, 0.05) is 28.7 Å². The molecule has 1 aromatic carbocycles. The standard InChI is InChI=1S/C23H22F2N6O/c1-13-8-18(15-6-4-3-5-7-15)20(30-13)14(2)31-22-19(21(26)28-12-29-22)16-9-17(11-27-10-16)32-23(24)25/h3-12,14,23,30H,1-2H3,(H3,26,28,29,31). The fourth-order valence-corrected chi connectivity index (χ4v) is 3.60. The van der Waals surface area contributed by atoms with Crippen molar-refractivity contribution in [3.8, 4) is 28.0 Å². The molecule has 32 heavy (non-hydrogen) atoms. The first-order chi connectivity index (χ1) is 15.4. The van der Waals surface area contributed by atoms with E-state index in [2.05, 4.69) is 36.1 Å². The molecule has 0 fully saturated rings. The maximum absolute atomic E-state index is 12.6. The number of ether oxygens (including phenoxy) is 1. The zero-order valence-corrected chi connectivity index (χ0v) is 17.5. The molecule has 164 valence electrons. The molecule has 4 aromatic rings. The molecule has 0 aliphatic rings. The normalized spacial score (nSPS) is 12.0. The fourth-order valence-electron chi connectivity index (χ4n) is 3.60. The van der Waals surface area contributed by atoms with Gasteiger partial charge in [0.25, 0.3) is 0 Å². The van der Waals surface area contributed by atoms with Gasteiger partial charge in [0.15, 0.2) is 0 Å². The van der Waals surface area contributed by atoms with E-state index in [0.717, 1.165) is 22.5 Å². The number of nitrogens with zero attached hydrogens (tertiary/aromatic N) is 3. The van der Waals surface area contributed by atoms with Crippen LogP contribution in [0.2, 0.25) is 0 Å². The SMILES string of the molecule is Cc1cc(-c2ccccc2)c(C(C)Nc2ncnc(N)c2-c2cncc(OC(F)F)c2)[nH]1. The lowest BCUT2D eigenvalue weighted by molar-refractivity contribution is -0.0500. The van der Waals surface area contributed by atoms with E-state index in [1.54, 1.807) is 0 Å². The van der Waals surface area contributed by atoms with E-state index in [0.29, 0.717) is 16.9 Å². The third-order valence-corrected chi connectivity index (χ3v) is 4.96. The number of hydrogen-bond donors (Lipinski definition) is 3. The number of nitrogens with two attached hydrogens (primary N) is 1. The van der Waals surface area contributed by atoms with Crippen LogP contribution in [0.5, 0.6) is 5.75 Å². The second kappa shape index (κ2) is 9.01. The summed E-state index contributed by atoms with van der Waals surface area (Å²) < 4.78 is 29.7. The number of alkyl halides is 2. The Kier molecular flexibility index (Phi) is 5.98. The Labute approximate surface area is 183 Å². The van der Waals surface area contributed by atoms with Crippen LogP contribution < -0.4 is 15.8 Å². The third-order valence-electron chi connectivity index (χ3n) is 4.96. The van der Waals surface area contributed by atoms with Crippen molar-refractivity contribution in [3.05, 3.63) is 72.6 Å². The van der Waals surface area contributed by atoms with Crippen LogP contribution in [0.25, 0.3) is 22.3 Å². The second-order valence-corrected chi connectivity index (χ2v) is 7.28. The number of benzene rings is 1. The largest absolute Gasteiger partial charge is 0.433 e. The number of hydrogen-bond acceptors (Lipinski definition) is 6. The number of anilines is 2. The molecule has 0 saturated carbocycles. The van der Waals surface area contributed by atoms with Gasteiger partial charge in [0.2, 0.25) is 0 Å². The zero-order valence-electron chi connectivity index (χ0n) is 17.5. The van der Waals surface area contributed by atoms with Crippen LogP contribution in [0.3, 0.4) is 0 Å². The number of nitrogens with one attached hydrogen (secondary N) is 2. The fraction of sp³-hybridized carbons (Fsp3) is 0.174. The molecule has 9 heteroatoms. The molecule has 3 heterocycles. The highest BCUT2D eigenvalue weighted by Gasteiger charge is 2.19. The molecule has 0 aliphatic carbocycles. The molecule has 0 spiro atoms. The summed E-state index contributed by atoms with van der Waals surface area (Å²) in [4.78, 5) is 15.8. The summed E-state index contributed by atoms with van der Waals surface area (Å²) >= 11 is 0. The number of nitrogen functional groups attached to an aromatic ring is 1. The first-order valence-electron chi connectivity index (χ1n) is 9.94. The van der Waals surface area contributed by atoms with Crippen molar-refractivity contribution in [2.24, 2.45) is 0 Å². The third kappa shape index (κ3) is 4.51. The minimum atomic E-state index is -2.96. The molecule has 7 nitrogen and oxygen atoms in total. The molecule has 0 amide bonds. The van der Waals surface area contributed by atoms with E-state index in [1.165, 1.54) is 24.8 Å². The molecule has 4 rings (SSSR count).